The lowest BCUT2D eigenvalue weighted by atomic mass is 10.1. The van der Waals surface area contributed by atoms with E-state index in [0.717, 1.165) is 10.0 Å². The van der Waals surface area contributed by atoms with Crippen LogP contribution in [-0.2, 0) is 10.0 Å². The van der Waals surface area contributed by atoms with Crippen LogP contribution >= 0.6 is 15.9 Å². The molecule has 0 bridgehead atoms. The van der Waals surface area contributed by atoms with Crippen LogP contribution in [0.2, 0.25) is 0 Å². The van der Waals surface area contributed by atoms with Crippen LogP contribution in [0.25, 0.3) is 0 Å². The summed E-state index contributed by atoms with van der Waals surface area (Å²) in [4.78, 5) is 0.232. The second-order valence-electron chi connectivity index (χ2n) is 5.24. The number of aliphatic hydroxyl groups excluding tert-OH is 1. The maximum absolute atomic E-state index is 12.1. The van der Waals surface area contributed by atoms with Crippen LogP contribution < -0.4 is 4.72 Å². The van der Waals surface area contributed by atoms with Crippen molar-refractivity contribution in [3.63, 3.8) is 0 Å². The average molecular weight is 408 g/mol. The molecule has 2 N–H and O–H groups in total. The Morgan fingerprint density at radius 2 is 1.92 bits per heavy atom. The summed E-state index contributed by atoms with van der Waals surface area (Å²) in [5.74, 6) is 5.50. The van der Waals surface area contributed by atoms with E-state index in [-0.39, 0.29) is 11.4 Å². The van der Waals surface area contributed by atoms with Gasteiger partial charge in [-0.15, -0.1) is 0 Å². The van der Waals surface area contributed by atoms with Gasteiger partial charge in [-0.2, -0.15) is 0 Å². The van der Waals surface area contributed by atoms with Gasteiger partial charge in [-0.1, -0.05) is 57.6 Å². The molecule has 1 unspecified atom stereocenters. The molecule has 0 saturated carbocycles. The fraction of sp³-hybridized carbons (Fsp3) is 0.222. The molecule has 0 heterocycles. The van der Waals surface area contributed by atoms with Gasteiger partial charge < -0.3 is 5.11 Å². The molecular weight excluding hydrogens is 390 g/mol. The molecule has 0 fully saturated rings. The molecule has 0 aromatic heterocycles. The van der Waals surface area contributed by atoms with Crippen LogP contribution in [0.15, 0.2) is 57.9 Å². The monoisotopic (exact) mass is 407 g/mol. The number of hydrogen-bond acceptors (Lipinski definition) is 3. The first kappa shape index (κ1) is 18.7. The predicted octanol–water partition coefficient (Wildman–Crippen LogP) is 3.16. The molecule has 2 aromatic carbocycles. The third-order valence-corrected chi connectivity index (χ3v) is 5.25. The van der Waals surface area contributed by atoms with E-state index in [4.69, 9.17) is 0 Å². The molecule has 0 aliphatic carbocycles. The number of aliphatic hydroxyl groups is 1. The van der Waals surface area contributed by atoms with E-state index >= 15 is 0 Å². The van der Waals surface area contributed by atoms with Crippen molar-refractivity contribution in [1.29, 1.82) is 0 Å². The lowest BCUT2D eigenvalue weighted by Gasteiger charge is -2.05. The summed E-state index contributed by atoms with van der Waals surface area (Å²) < 4.78 is 27.5. The molecule has 0 spiro atoms. The first-order valence-corrected chi connectivity index (χ1v) is 9.64. The smallest absolute Gasteiger partial charge is 0.240 e. The highest BCUT2D eigenvalue weighted by atomic mass is 79.9. The number of halogens is 1. The van der Waals surface area contributed by atoms with Crippen LogP contribution in [0.5, 0.6) is 0 Å². The van der Waals surface area contributed by atoms with Crippen molar-refractivity contribution in [1.82, 2.24) is 4.72 Å². The Morgan fingerprint density at radius 3 is 2.58 bits per heavy atom. The highest BCUT2D eigenvalue weighted by Crippen LogP contribution is 2.17. The fourth-order valence-electron chi connectivity index (χ4n) is 1.98. The molecule has 0 saturated heterocycles. The molecule has 24 heavy (non-hydrogen) atoms. The number of hydrogen-bond donors (Lipinski definition) is 2. The second kappa shape index (κ2) is 8.45. The third-order valence-electron chi connectivity index (χ3n) is 3.28. The molecule has 0 aliphatic rings. The molecule has 2 aromatic rings. The number of aryl methyl sites for hydroxylation is 1. The molecule has 0 radical (unpaired) electrons. The van der Waals surface area contributed by atoms with E-state index in [1.165, 1.54) is 0 Å². The zero-order valence-electron chi connectivity index (χ0n) is 13.2. The Kier molecular flexibility index (Phi) is 6.58. The maximum Gasteiger partial charge on any atom is 0.240 e. The van der Waals surface area contributed by atoms with E-state index in [0.29, 0.717) is 12.0 Å². The summed E-state index contributed by atoms with van der Waals surface area (Å²) in [7, 11) is -3.52. The molecular formula is C18H18BrNO3S. The SMILES string of the molecule is Cc1ccc(S(=O)(=O)NCCC#CC(O)c2cccc(Br)c2)cc1. The van der Waals surface area contributed by atoms with Crippen molar-refractivity contribution in [3.05, 3.63) is 64.1 Å². The summed E-state index contributed by atoms with van der Waals surface area (Å²) >= 11 is 3.34. The van der Waals surface area contributed by atoms with Gasteiger partial charge in [0.25, 0.3) is 0 Å². The quantitative estimate of drug-likeness (QED) is 0.590. The normalized spacial score (nSPS) is 12.3. The maximum atomic E-state index is 12.1. The largest absolute Gasteiger partial charge is 0.376 e. The number of sulfonamides is 1. The van der Waals surface area contributed by atoms with Crippen molar-refractivity contribution in [3.8, 4) is 11.8 Å². The summed E-state index contributed by atoms with van der Waals surface area (Å²) in [5.41, 5.74) is 1.69. The summed E-state index contributed by atoms with van der Waals surface area (Å²) in [6, 6.07) is 13.9. The van der Waals surface area contributed by atoms with Crippen molar-refractivity contribution in [2.45, 2.75) is 24.3 Å². The first-order valence-electron chi connectivity index (χ1n) is 7.37. The molecule has 0 aliphatic heterocycles. The fourth-order valence-corrected chi connectivity index (χ4v) is 3.43. The number of benzene rings is 2. The minimum Gasteiger partial charge on any atom is -0.376 e. The molecule has 4 nitrogen and oxygen atoms in total. The molecule has 0 amide bonds. The highest BCUT2D eigenvalue weighted by molar-refractivity contribution is 9.10. The van der Waals surface area contributed by atoms with E-state index in [2.05, 4.69) is 32.5 Å². The van der Waals surface area contributed by atoms with Gasteiger partial charge in [-0.3, -0.25) is 0 Å². The van der Waals surface area contributed by atoms with E-state index in [1.54, 1.807) is 36.4 Å². The first-order chi connectivity index (χ1) is 11.4. The highest BCUT2D eigenvalue weighted by Gasteiger charge is 2.12. The van der Waals surface area contributed by atoms with Gasteiger partial charge in [-0.25, -0.2) is 13.1 Å². The van der Waals surface area contributed by atoms with E-state index < -0.39 is 16.1 Å². The van der Waals surface area contributed by atoms with Crippen LogP contribution in [-0.4, -0.2) is 20.1 Å². The van der Waals surface area contributed by atoms with Crippen LogP contribution in [0.1, 0.15) is 23.7 Å². The zero-order chi connectivity index (χ0) is 17.6. The van der Waals surface area contributed by atoms with Gasteiger partial charge in [0.15, 0.2) is 0 Å². The lowest BCUT2D eigenvalue weighted by Crippen LogP contribution is -2.24. The third kappa shape index (κ3) is 5.46. The minimum atomic E-state index is -3.52. The van der Waals surface area contributed by atoms with Crippen molar-refractivity contribution in [2.24, 2.45) is 0 Å². The second-order valence-corrected chi connectivity index (χ2v) is 7.92. The predicted molar refractivity (Wildman–Crippen MR) is 97.9 cm³/mol. The lowest BCUT2D eigenvalue weighted by molar-refractivity contribution is 0.238. The Hall–Kier alpha value is -1.65. The van der Waals surface area contributed by atoms with Gasteiger partial charge in [0.1, 0.15) is 6.10 Å². The summed E-state index contributed by atoms with van der Waals surface area (Å²) in [5, 5.41) is 9.98. The molecule has 126 valence electrons. The number of rotatable bonds is 5. The summed E-state index contributed by atoms with van der Waals surface area (Å²) in [6.45, 7) is 2.09. The van der Waals surface area contributed by atoms with Gasteiger partial charge in [-0.05, 0) is 36.8 Å². The molecule has 6 heteroatoms. The van der Waals surface area contributed by atoms with Crippen LogP contribution in [0.3, 0.4) is 0 Å². The standard InChI is InChI=1S/C18H18BrNO3S/c1-14-8-10-17(11-9-14)24(22,23)20-12-3-2-7-18(21)15-5-4-6-16(19)13-15/h4-6,8-11,13,18,20-21H,3,12H2,1H3. The van der Waals surface area contributed by atoms with Gasteiger partial charge in [0, 0.05) is 17.4 Å². The van der Waals surface area contributed by atoms with Crippen molar-refractivity contribution >= 4 is 26.0 Å². The van der Waals surface area contributed by atoms with Gasteiger partial charge in [0.2, 0.25) is 10.0 Å². The zero-order valence-corrected chi connectivity index (χ0v) is 15.6. The van der Waals surface area contributed by atoms with E-state index in [9.17, 15) is 13.5 Å². The molecule has 1 atom stereocenters. The Labute approximate surface area is 151 Å². The number of nitrogens with one attached hydrogen (secondary N) is 1. The summed E-state index contributed by atoms with van der Waals surface area (Å²) in [6.07, 6.45) is -0.577. The topological polar surface area (TPSA) is 66.4 Å². The Bertz CT molecular complexity index is 852. The van der Waals surface area contributed by atoms with E-state index in [1.807, 2.05) is 19.1 Å². The average Bonchev–Trinajstić information content (AvgIpc) is 2.54. The minimum absolute atomic E-state index is 0.189. The Morgan fingerprint density at radius 1 is 1.21 bits per heavy atom. The Balaban J connectivity index is 1.88. The van der Waals surface area contributed by atoms with Gasteiger partial charge in [0.05, 0.1) is 4.90 Å². The van der Waals surface area contributed by atoms with Crippen molar-refractivity contribution in [2.75, 3.05) is 6.54 Å². The van der Waals surface area contributed by atoms with Crippen LogP contribution in [0, 0.1) is 18.8 Å². The molecule has 2 rings (SSSR count). The van der Waals surface area contributed by atoms with Gasteiger partial charge >= 0.3 is 0 Å². The van der Waals surface area contributed by atoms with Crippen molar-refractivity contribution < 1.29 is 13.5 Å². The van der Waals surface area contributed by atoms with Crippen LogP contribution in [0.4, 0.5) is 0 Å².